The fourth-order valence-corrected chi connectivity index (χ4v) is 2.14. The molecule has 1 aliphatic rings. The molecule has 0 bridgehead atoms. The Labute approximate surface area is 96.4 Å². The molecule has 0 spiro atoms. The lowest BCUT2D eigenvalue weighted by Crippen LogP contribution is -2.52. The van der Waals surface area contributed by atoms with Gasteiger partial charge in [0.05, 0.1) is 12.1 Å². The van der Waals surface area contributed by atoms with Crippen LogP contribution in [0, 0.1) is 0 Å². The first-order valence-corrected chi connectivity index (χ1v) is 5.65. The van der Waals surface area contributed by atoms with Crippen molar-refractivity contribution in [3.8, 4) is 0 Å². The molecule has 1 saturated heterocycles. The summed E-state index contributed by atoms with van der Waals surface area (Å²) in [5.41, 5.74) is 7.17. The number of pyridine rings is 1. The Hall–Kier alpha value is -0.970. The number of likely N-dealkylation sites (N-methyl/N-ethyl adjacent to an activating group) is 1. The van der Waals surface area contributed by atoms with E-state index in [-0.39, 0.29) is 5.54 Å². The Balaban J connectivity index is 2.04. The molecule has 88 valence electrons. The average molecular weight is 221 g/mol. The van der Waals surface area contributed by atoms with Gasteiger partial charge >= 0.3 is 0 Å². The Kier molecular flexibility index (Phi) is 3.53. The highest BCUT2D eigenvalue weighted by Crippen LogP contribution is 2.25. The zero-order valence-corrected chi connectivity index (χ0v) is 9.72. The highest BCUT2D eigenvalue weighted by atomic mass is 16.5. The maximum Gasteiger partial charge on any atom is 0.0663 e. The second kappa shape index (κ2) is 4.91. The molecule has 2 heterocycles. The van der Waals surface area contributed by atoms with Gasteiger partial charge in [0.15, 0.2) is 0 Å². The van der Waals surface area contributed by atoms with E-state index in [4.69, 9.17) is 10.5 Å². The molecule has 2 rings (SSSR count). The Bertz CT molecular complexity index is 322. The molecule has 1 aromatic heterocycles. The van der Waals surface area contributed by atoms with Gasteiger partial charge in [-0.25, -0.2) is 0 Å². The quantitative estimate of drug-likeness (QED) is 0.810. The largest absolute Gasteiger partial charge is 0.379 e. The van der Waals surface area contributed by atoms with Crippen molar-refractivity contribution >= 4 is 0 Å². The standard InChI is InChI=1S/C12H19N3O/c1-15(8-11-2-5-14-6-3-11)12(9-13)4-7-16-10-12/h2-3,5-6H,4,7-10,13H2,1H3. The van der Waals surface area contributed by atoms with E-state index >= 15 is 0 Å². The first-order chi connectivity index (χ1) is 7.77. The normalized spacial score (nSPS) is 25.2. The highest BCUT2D eigenvalue weighted by molar-refractivity contribution is 5.10. The van der Waals surface area contributed by atoms with Crippen molar-refractivity contribution in [2.24, 2.45) is 5.73 Å². The van der Waals surface area contributed by atoms with Crippen molar-refractivity contribution in [3.63, 3.8) is 0 Å². The molecular formula is C12H19N3O. The summed E-state index contributed by atoms with van der Waals surface area (Å²) in [5, 5.41) is 0. The second-order valence-corrected chi connectivity index (χ2v) is 4.44. The molecule has 1 aliphatic heterocycles. The molecule has 1 atom stereocenters. The zero-order chi connectivity index (χ0) is 11.4. The zero-order valence-electron chi connectivity index (χ0n) is 9.72. The molecule has 16 heavy (non-hydrogen) atoms. The van der Waals surface area contributed by atoms with Crippen LogP contribution in [0.4, 0.5) is 0 Å². The molecule has 1 fully saturated rings. The summed E-state index contributed by atoms with van der Waals surface area (Å²) in [6, 6.07) is 4.08. The maximum absolute atomic E-state index is 5.89. The van der Waals surface area contributed by atoms with E-state index in [2.05, 4.69) is 16.9 Å². The number of aromatic nitrogens is 1. The first kappa shape index (κ1) is 11.5. The third-order valence-corrected chi connectivity index (χ3v) is 3.44. The van der Waals surface area contributed by atoms with Crippen molar-refractivity contribution in [1.29, 1.82) is 0 Å². The monoisotopic (exact) mass is 221 g/mol. The first-order valence-electron chi connectivity index (χ1n) is 5.65. The summed E-state index contributed by atoms with van der Waals surface area (Å²) in [6.07, 6.45) is 4.66. The van der Waals surface area contributed by atoms with E-state index in [1.165, 1.54) is 5.56 Å². The van der Waals surface area contributed by atoms with E-state index < -0.39 is 0 Å². The third kappa shape index (κ3) is 2.24. The average Bonchev–Trinajstić information content (AvgIpc) is 2.80. The smallest absolute Gasteiger partial charge is 0.0663 e. The molecule has 4 nitrogen and oxygen atoms in total. The number of hydrogen-bond acceptors (Lipinski definition) is 4. The van der Waals surface area contributed by atoms with Gasteiger partial charge < -0.3 is 10.5 Å². The third-order valence-electron chi connectivity index (χ3n) is 3.44. The van der Waals surface area contributed by atoms with Gasteiger partial charge in [0.2, 0.25) is 0 Å². The Morgan fingerprint density at radius 2 is 2.25 bits per heavy atom. The van der Waals surface area contributed by atoms with Crippen LogP contribution in [0.3, 0.4) is 0 Å². The van der Waals surface area contributed by atoms with Crippen LogP contribution < -0.4 is 5.73 Å². The number of hydrogen-bond donors (Lipinski definition) is 1. The molecular weight excluding hydrogens is 202 g/mol. The van der Waals surface area contributed by atoms with E-state index in [1.54, 1.807) is 0 Å². The molecule has 0 aliphatic carbocycles. The lowest BCUT2D eigenvalue weighted by molar-refractivity contribution is 0.0882. The van der Waals surface area contributed by atoms with Gasteiger partial charge in [-0.3, -0.25) is 9.88 Å². The molecule has 1 unspecified atom stereocenters. The highest BCUT2D eigenvalue weighted by Gasteiger charge is 2.37. The van der Waals surface area contributed by atoms with Crippen LogP contribution in [-0.4, -0.2) is 42.2 Å². The summed E-state index contributed by atoms with van der Waals surface area (Å²) in [6.45, 7) is 3.10. The van der Waals surface area contributed by atoms with Gasteiger partial charge in [0.25, 0.3) is 0 Å². The SMILES string of the molecule is CN(Cc1ccncc1)C1(CN)CCOC1. The fourth-order valence-electron chi connectivity index (χ4n) is 2.14. The van der Waals surface area contributed by atoms with Gasteiger partial charge in [0, 0.05) is 32.1 Å². The Morgan fingerprint density at radius 3 is 2.81 bits per heavy atom. The van der Waals surface area contributed by atoms with Gasteiger partial charge in [0.1, 0.15) is 0 Å². The van der Waals surface area contributed by atoms with Crippen molar-refractivity contribution in [1.82, 2.24) is 9.88 Å². The minimum absolute atomic E-state index is 0.0171. The van der Waals surface area contributed by atoms with Crippen LogP contribution >= 0.6 is 0 Å². The van der Waals surface area contributed by atoms with Crippen molar-refractivity contribution in [3.05, 3.63) is 30.1 Å². The molecule has 1 aromatic rings. The molecule has 0 aromatic carbocycles. The van der Waals surface area contributed by atoms with Crippen molar-refractivity contribution < 1.29 is 4.74 Å². The Morgan fingerprint density at radius 1 is 1.50 bits per heavy atom. The van der Waals surface area contributed by atoms with Gasteiger partial charge in [-0.15, -0.1) is 0 Å². The lowest BCUT2D eigenvalue weighted by atomic mass is 9.96. The predicted molar refractivity (Wildman–Crippen MR) is 62.9 cm³/mol. The van der Waals surface area contributed by atoms with Crippen LogP contribution in [0.5, 0.6) is 0 Å². The van der Waals surface area contributed by atoms with E-state index in [9.17, 15) is 0 Å². The summed E-state index contributed by atoms with van der Waals surface area (Å²) < 4.78 is 5.48. The molecule has 2 N–H and O–H groups in total. The van der Waals surface area contributed by atoms with Gasteiger partial charge in [-0.2, -0.15) is 0 Å². The number of ether oxygens (including phenoxy) is 1. The van der Waals surface area contributed by atoms with Crippen molar-refractivity contribution in [2.45, 2.75) is 18.5 Å². The maximum atomic E-state index is 5.89. The van der Waals surface area contributed by atoms with Crippen LogP contribution in [0.25, 0.3) is 0 Å². The predicted octanol–water partition coefficient (Wildman–Crippen LogP) is 0.631. The number of nitrogens with two attached hydrogens (primary N) is 1. The molecule has 4 heteroatoms. The molecule has 0 amide bonds. The minimum atomic E-state index is 0.0171. The number of nitrogens with zero attached hydrogens (tertiary/aromatic N) is 2. The summed E-state index contributed by atoms with van der Waals surface area (Å²) >= 11 is 0. The number of rotatable bonds is 4. The summed E-state index contributed by atoms with van der Waals surface area (Å²) in [4.78, 5) is 6.32. The lowest BCUT2D eigenvalue weighted by Gasteiger charge is -2.36. The van der Waals surface area contributed by atoms with Gasteiger partial charge in [-0.05, 0) is 31.2 Å². The second-order valence-electron chi connectivity index (χ2n) is 4.44. The molecule has 0 saturated carbocycles. The topological polar surface area (TPSA) is 51.4 Å². The molecule has 0 radical (unpaired) electrons. The fraction of sp³-hybridized carbons (Fsp3) is 0.583. The van der Waals surface area contributed by atoms with Gasteiger partial charge in [-0.1, -0.05) is 0 Å². The van der Waals surface area contributed by atoms with Crippen LogP contribution in [-0.2, 0) is 11.3 Å². The van der Waals surface area contributed by atoms with Crippen LogP contribution in [0.1, 0.15) is 12.0 Å². The van der Waals surface area contributed by atoms with E-state index in [0.717, 1.165) is 26.2 Å². The summed E-state index contributed by atoms with van der Waals surface area (Å²) in [7, 11) is 2.11. The van der Waals surface area contributed by atoms with E-state index in [1.807, 2.05) is 24.5 Å². The van der Waals surface area contributed by atoms with Crippen LogP contribution in [0.15, 0.2) is 24.5 Å². The summed E-state index contributed by atoms with van der Waals surface area (Å²) in [5.74, 6) is 0. The van der Waals surface area contributed by atoms with Crippen molar-refractivity contribution in [2.75, 3.05) is 26.8 Å². The van der Waals surface area contributed by atoms with Crippen LogP contribution in [0.2, 0.25) is 0 Å². The minimum Gasteiger partial charge on any atom is -0.379 e. The van der Waals surface area contributed by atoms with E-state index in [0.29, 0.717) is 6.54 Å².